The third-order valence-corrected chi connectivity index (χ3v) is 4.05. The molecule has 0 aromatic heterocycles. The number of rotatable bonds is 5. The summed E-state index contributed by atoms with van der Waals surface area (Å²) in [5.74, 6) is 0.145. The van der Waals surface area contributed by atoms with Crippen LogP contribution in [0.1, 0.15) is 36.0 Å². The van der Waals surface area contributed by atoms with Gasteiger partial charge < -0.3 is 21.0 Å². The average Bonchev–Trinajstić information content (AvgIpc) is 2.93. The fourth-order valence-corrected chi connectivity index (χ4v) is 2.71. The molecule has 5 heteroatoms. The van der Waals surface area contributed by atoms with Crippen LogP contribution in [0.4, 0.5) is 0 Å². The minimum absolute atomic E-state index is 0.145. The van der Waals surface area contributed by atoms with Gasteiger partial charge in [-0.2, -0.15) is 0 Å². The van der Waals surface area contributed by atoms with E-state index >= 15 is 0 Å². The molecule has 1 fully saturated rings. The SMILES string of the molecule is COC1CCC(NCc2ccc(/C(N)=N/O)cc2C)C1. The highest BCUT2D eigenvalue weighted by Gasteiger charge is 2.23. The first-order valence-corrected chi connectivity index (χ1v) is 6.97. The van der Waals surface area contributed by atoms with Gasteiger partial charge in [0.15, 0.2) is 5.84 Å². The third kappa shape index (κ3) is 3.49. The Kier molecular flexibility index (Phi) is 4.98. The molecule has 2 unspecified atom stereocenters. The van der Waals surface area contributed by atoms with E-state index in [0.29, 0.717) is 12.1 Å². The largest absolute Gasteiger partial charge is 0.409 e. The number of nitrogens with one attached hydrogen (secondary N) is 1. The number of aryl methyl sites for hydroxylation is 1. The van der Waals surface area contributed by atoms with Crippen molar-refractivity contribution in [3.63, 3.8) is 0 Å². The van der Waals surface area contributed by atoms with Crippen molar-refractivity contribution in [3.8, 4) is 0 Å². The van der Waals surface area contributed by atoms with Gasteiger partial charge in [-0.25, -0.2) is 0 Å². The van der Waals surface area contributed by atoms with Crippen molar-refractivity contribution < 1.29 is 9.94 Å². The number of hydrogen-bond donors (Lipinski definition) is 3. The molecule has 110 valence electrons. The summed E-state index contributed by atoms with van der Waals surface area (Å²) < 4.78 is 5.38. The van der Waals surface area contributed by atoms with Crippen LogP contribution in [0.25, 0.3) is 0 Å². The Balaban J connectivity index is 1.94. The monoisotopic (exact) mass is 277 g/mol. The molecule has 1 aliphatic carbocycles. The van der Waals surface area contributed by atoms with Crippen LogP contribution in [0.15, 0.2) is 23.4 Å². The molecule has 2 rings (SSSR count). The summed E-state index contributed by atoms with van der Waals surface area (Å²) in [6.07, 6.45) is 3.78. The van der Waals surface area contributed by atoms with Crippen molar-refractivity contribution in [1.29, 1.82) is 0 Å². The normalized spacial score (nSPS) is 23.2. The van der Waals surface area contributed by atoms with Gasteiger partial charge in [-0.15, -0.1) is 0 Å². The van der Waals surface area contributed by atoms with Gasteiger partial charge in [-0.05, 0) is 43.4 Å². The van der Waals surface area contributed by atoms with Gasteiger partial charge in [-0.3, -0.25) is 0 Å². The van der Waals surface area contributed by atoms with Crippen LogP contribution >= 0.6 is 0 Å². The van der Waals surface area contributed by atoms with Crippen molar-refractivity contribution in [2.24, 2.45) is 10.9 Å². The molecule has 1 saturated carbocycles. The van der Waals surface area contributed by atoms with Crippen LogP contribution in [0.3, 0.4) is 0 Å². The molecule has 4 N–H and O–H groups in total. The van der Waals surface area contributed by atoms with Crippen molar-refractivity contribution in [2.45, 2.75) is 44.9 Å². The van der Waals surface area contributed by atoms with Gasteiger partial charge in [0, 0.05) is 25.3 Å². The fourth-order valence-electron chi connectivity index (χ4n) is 2.71. The number of benzene rings is 1. The van der Waals surface area contributed by atoms with Crippen LogP contribution in [0.2, 0.25) is 0 Å². The first-order valence-electron chi connectivity index (χ1n) is 6.97. The number of oxime groups is 1. The van der Waals surface area contributed by atoms with Gasteiger partial charge in [0.1, 0.15) is 0 Å². The average molecular weight is 277 g/mol. The number of nitrogens with two attached hydrogens (primary N) is 1. The lowest BCUT2D eigenvalue weighted by Gasteiger charge is -2.14. The molecule has 0 radical (unpaired) electrons. The second-order valence-corrected chi connectivity index (χ2v) is 5.38. The molecule has 5 nitrogen and oxygen atoms in total. The highest BCUT2D eigenvalue weighted by Crippen LogP contribution is 2.22. The van der Waals surface area contributed by atoms with E-state index in [1.807, 2.05) is 25.1 Å². The summed E-state index contributed by atoms with van der Waals surface area (Å²) >= 11 is 0. The lowest BCUT2D eigenvalue weighted by molar-refractivity contribution is 0.107. The first kappa shape index (κ1) is 14.8. The Morgan fingerprint density at radius 1 is 1.50 bits per heavy atom. The quantitative estimate of drug-likeness (QED) is 0.331. The number of nitrogens with zero attached hydrogens (tertiary/aromatic N) is 1. The van der Waals surface area contributed by atoms with Gasteiger partial charge in [0.05, 0.1) is 6.10 Å². The number of hydrogen-bond acceptors (Lipinski definition) is 4. The van der Waals surface area contributed by atoms with E-state index in [-0.39, 0.29) is 5.84 Å². The standard InChI is InChI=1S/C15H23N3O2/c1-10-7-11(15(16)18-19)3-4-12(10)9-17-13-5-6-14(8-13)20-2/h3-4,7,13-14,17,19H,5-6,8-9H2,1-2H3,(H2,16,18). The van der Waals surface area contributed by atoms with E-state index in [2.05, 4.69) is 10.5 Å². The van der Waals surface area contributed by atoms with Crippen molar-refractivity contribution in [3.05, 3.63) is 34.9 Å². The molecule has 0 spiro atoms. The molecule has 0 bridgehead atoms. The number of amidine groups is 1. The Morgan fingerprint density at radius 2 is 2.30 bits per heavy atom. The third-order valence-electron chi connectivity index (χ3n) is 4.05. The summed E-state index contributed by atoms with van der Waals surface area (Å²) in [5, 5.41) is 15.3. The van der Waals surface area contributed by atoms with Crippen molar-refractivity contribution in [1.82, 2.24) is 5.32 Å². The predicted molar refractivity (Wildman–Crippen MR) is 79.0 cm³/mol. The second kappa shape index (κ2) is 6.72. The highest BCUT2D eigenvalue weighted by atomic mass is 16.5. The molecule has 20 heavy (non-hydrogen) atoms. The summed E-state index contributed by atoms with van der Waals surface area (Å²) in [7, 11) is 1.78. The zero-order chi connectivity index (χ0) is 14.5. The molecule has 0 amide bonds. The van der Waals surface area contributed by atoms with E-state index in [0.717, 1.165) is 30.5 Å². The van der Waals surface area contributed by atoms with E-state index < -0.39 is 0 Å². The van der Waals surface area contributed by atoms with Crippen molar-refractivity contribution >= 4 is 5.84 Å². The second-order valence-electron chi connectivity index (χ2n) is 5.38. The molecule has 0 heterocycles. The topological polar surface area (TPSA) is 79.9 Å². The van der Waals surface area contributed by atoms with Gasteiger partial charge >= 0.3 is 0 Å². The molecule has 1 aromatic carbocycles. The van der Waals surface area contributed by atoms with E-state index in [9.17, 15) is 0 Å². The maximum atomic E-state index is 8.68. The zero-order valence-electron chi connectivity index (χ0n) is 12.1. The maximum Gasteiger partial charge on any atom is 0.170 e. The first-order chi connectivity index (χ1) is 9.63. The summed E-state index contributed by atoms with van der Waals surface area (Å²) in [4.78, 5) is 0. The minimum Gasteiger partial charge on any atom is -0.409 e. The lowest BCUT2D eigenvalue weighted by Crippen LogP contribution is -2.27. The number of ether oxygens (including phenoxy) is 1. The highest BCUT2D eigenvalue weighted by molar-refractivity contribution is 5.97. The van der Waals surface area contributed by atoms with Gasteiger partial charge in [0.2, 0.25) is 0 Å². The zero-order valence-corrected chi connectivity index (χ0v) is 12.1. The fraction of sp³-hybridized carbons (Fsp3) is 0.533. The molecular formula is C15H23N3O2. The maximum absolute atomic E-state index is 8.68. The van der Waals surface area contributed by atoms with E-state index in [1.54, 1.807) is 7.11 Å². The Morgan fingerprint density at radius 3 is 2.90 bits per heavy atom. The van der Waals surface area contributed by atoms with Crippen LogP contribution in [-0.2, 0) is 11.3 Å². The van der Waals surface area contributed by atoms with E-state index in [1.165, 1.54) is 12.0 Å². The smallest absolute Gasteiger partial charge is 0.170 e. The van der Waals surface area contributed by atoms with E-state index in [4.69, 9.17) is 15.7 Å². The predicted octanol–water partition coefficient (Wildman–Crippen LogP) is 1.75. The summed E-state index contributed by atoms with van der Waals surface area (Å²) in [6.45, 7) is 2.88. The lowest BCUT2D eigenvalue weighted by atomic mass is 10.0. The molecule has 1 aromatic rings. The van der Waals surface area contributed by atoms with Crippen LogP contribution in [-0.4, -0.2) is 30.3 Å². The Labute approximate surface area is 119 Å². The molecular weight excluding hydrogens is 254 g/mol. The Bertz CT molecular complexity index is 488. The Hall–Kier alpha value is -1.59. The summed E-state index contributed by atoms with van der Waals surface area (Å²) in [5.41, 5.74) is 8.71. The molecule has 0 aliphatic heterocycles. The minimum atomic E-state index is 0.145. The molecule has 0 saturated heterocycles. The molecule has 2 atom stereocenters. The van der Waals surface area contributed by atoms with Crippen molar-refractivity contribution in [2.75, 3.05) is 7.11 Å². The molecule has 1 aliphatic rings. The van der Waals surface area contributed by atoms with Crippen LogP contribution in [0.5, 0.6) is 0 Å². The van der Waals surface area contributed by atoms with Crippen LogP contribution < -0.4 is 11.1 Å². The van der Waals surface area contributed by atoms with Crippen LogP contribution in [0, 0.1) is 6.92 Å². The number of methoxy groups -OCH3 is 1. The summed E-state index contributed by atoms with van der Waals surface area (Å²) in [6, 6.07) is 6.38. The van der Waals surface area contributed by atoms with Gasteiger partial charge in [-0.1, -0.05) is 17.3 Å². The van der Waals surface area contributed by atoms with Gasteiger partial charge in [0.25, 0.3) is 0 Å².